The van der Waals surface area contributed by atoms with Gasteiger partial charge in [-0.1, -0.05) is 47.5 Å². The summed E-state index contributed by atoms with van der Waals surface area (Å²) in [7, 11) is 0. The van der Waals surface area contributed by atoms with Crippen molar-refractivity contribution in [2.45, 2.75) is 27.3 Å². The van der Waals surface area contributed by atoms with Gasteiger partial charge in [0.15, 0.2) is 0 Å². The molecule has 0 aliphatic heterocycles. The van der Waals surface area contributed by atoms with Gasteiger partial charge in [-0.15, -0.1) is 0 Å². The van der Waals surface area contributed by atoms with E-state index >= 15 is 0 Å². The van der Waals surface area contributed by atoms with Crippen molar-refractivity contribution in [1.29, 1.82) is 0 Å². The monoisotopic (exact) mass is 380 g/mol. The molecule has 0 radical (unpaired) electrons. The molecule has 0 saturated heterocycles. The molecule has 0 atom stereocenters. The van der Waals surface area contributed by atoms with E-state index in [9.17, 15) is 4.79 Å². The smallest absolute Gasteiger partial charge is 0.274 e. The van der Waals surface area contributed by atoms with Crippen LogP contribution in [0.4, 0.5) is 11.6 Å². The number of anilines is 2. The minimum absolute atomic E-state index is 0.300. The number of aromatic nitrogens is 2. The SMILES string of the molecule is Cc1cccc(CNc2nc(C)cc(C(=O)Nc3cccc(Cl)c3C)n2)c1. The van der Waals surface area contributed by atoms with Crippen molar-refractivity contribution in [2.24, 2.45) is 0 Å². The summed E-state index contributed by atoms with van der Waals surface area (Å²) in [6, 6.07) is 15.2. The van der Waals surface area contributed by atoms with Crippen LogP contribution in [0.15, 0.2) is 48.5 Å². The Morgan fingerprint density at radius 3 is 2.59 bits per heavy atom. The highest BCUT2D eigenvalue weighted by Gasteiger charge is 2.13. The van der Waals surface area contributed by atoms with Gasteiger partial charge in [-0.05, 0) is 50.1 Å². The van der Waals surface area contributed by atoms with Crippen molar-refractivity contribution in [3.63, 3.8) is 0 Å². The second kappa shape index (κ2) is 8.18. The molecule has 6 heteroatoms. The number of aryl methyl sites for hydroxylation is 2. The zero-order valence-corrected chi connectivity index (χ0v) is 16.3. The van der Waals surface area contributed by atoms with Crippen LogP contribution in [0, 0.1) is 20.8 Å². The van der Waals surface area contributed by atoms with Crippen LogP contribution in [0.25, 0.3) is 0 Å². The second-order valence-corrected chi connectivity index (χ2v) is 6.83. The van der Waals surface area contributed by atoms with E-state index in [4.69, 9.17) is 11.6 Å². The molecule has 2 aromatic carbocycles. The predicted octanol–water partition coefficient (Wildman–Crippen LogP) is 4.92. The van der Waals surface area contributed by atoms with Crippen molar-refractivity contribution in [1.82, 2.24) is 9.97 Å². The van der Waals surface area contributed by atoms with Crippen molar-refractivity contribution in [2.75, 3.05) is 10.6 Å². The molecule has 1 aromatic heterocycles. The Bertz CT molecular complexity index is 988. The molecule has 0 aliphatic carbocycles. The molecule has 0 saturated carbocycles. The summed E-state index contributed by atoms with van der Waals surface area (Å²) < 4.78 is 0. The molecule has 0 unspecified atom stereocenters. The third kappa shape index (κ3) is 4.83. The third-order valence-electron chi connectivity index (χ3n) is 4.14. The molecule has 1 heterocycles. The van der Waals surface area contributed by atoms with E-state index in [2.05, 4.69) is 26.7 Å². The first-order chi connectivity index (χ1) is 12.9. The Hall–Kier alpha value is -2.92. The van der Waals surface area contributed by atoms with Crippen LogP contribution in [0.3, 0.4) is 0 Å². The third-order valence-corrected chi connectivity index (χ3v) is 4.55. The maximum atomic E-state index is 12.6. The fraction of sp³-hybridized carbons (Fsp3) is 0.190. The zero-order chi connectivity index (χ0) is 19.4. The molecule has 5 nitrogen and oxygen atoms in total. The summed E-state index contributed by atoms with van der Waals surface area (Å²) in [5.41, 5.74) is 4.81. The topological polar surface area (TPSA) is 66.9 Å². The number of benzene rings is 2. The van der Waals surface area contributed by atoms with E-state index in [-0.39, 0.29) is 5.91 Å². The van der Waals surface area contributed by atoms with E-state index in [1.165, 1.54) is 5.56 Å². The molecule has 27 heavy (non-hydrogen) atoms. The summed E-state index contributed by atoms with van der Waals surface area (Å²) in [5, 5.41) is 6.65. The largest absolute Gasteiger partial charge is 0.350 e. The number of nitrogens with zero attached hydrogens (tertiary/aromatic N) is 2. The highest BCUT2D eigenvalue weighted by Crippen LogP contribution is 2.23. The molecule has 138 valence electrons. The predicted molar refractivity (Wildman–Crippen MR) is 109 cm³/mol. The molecule has 0 bridgehead atoms. The highest BCUT2D eigenvalue weighted by atomic mass is 35.5. The summed E-state index contributed by atoms with van der Waals surface area (Å²) in [6.45, 7) is 6.32. The second-order valence-electron chi connectivity index (χ2n) is 6.43. The van der Waals surface area contributed by atoms with Crippen LogP contribution in [0.5, 0.6) is 0 Å². The minimum Gasteiger partial charge on any atom is -0.350 e. The average molecular weight is 381 g/mol. The Labute approximate surface area is 163 Å². The number of hydrogen-bond acceptors (Lipinski definition) is 4. The number of hydrogen-bond donors (Lipinski definition) is 2. The molecule has 1 amide bonds. The van der Waals surface area contributed by atoms with Gasteiger partial charge in [0.25, 0.3) is 5.91 Å². The lowest BCUT2D eigenvalue weighted by molar-refractivity contribution is 0.102. The molecule has 3 aromatic rings. The standard InChI is InChI=1S/C21H21ClN4O/c1-13-6-4-7-16(10-13)12-23-21-24-14(2)11-19(26-21)20(27)25-18-9-5-8-17(22)15(18)3/h4-11H,12H2,1-3H3,(H,25,27)(H,23,24,26). The van der Waals surface area contributed by atoms with Crippen LogP contribution < -0.4 is 10.6 Å². The van der Waals surface area contributed by atoms with Crippen LogP contribution in [0.1, 0.15) is 32.9 Å². The van der Waals surface area contributed by atoms with E-state index in [1.807, 2.05) is 45.0 Å². The first kappa shape index (κ1) is 18.9. The molecule has 3 rings (SSSR count). The van der Waals surface area contributed by atoms with Gasteiger partial charge in [-0.3, -0.25) is 4.79 Å². The number of rotatable bonds is 5. The van der Waals surface area contributed by atoms with Gasteiger partial charge in [0, 0.05) is 22.9 Å². The molecule has 0 fully saturated rings. The molecular weight excluding hydrogens is 360 g/mol. The average Bonchev–Trinajstić information content (AvgIpc) is 2.63. The number of amides is 1. The maximum absolute atomic E-state index is 12.6. The number of nitrogens with one attached hydrogen (secondary N) is 2. The van der Waals surface area contributed by atoms with Gasteiger partial charge in [0.05, 0.1) is 0 Å². The Morgan fingerprint density at radius 1 is 1.04 bits per heavy atom. The van der Waals surface area contributed by atoms with Crippen molar-refractivity contribution in [3.8, 4) is 0 Å². The Balaban J connectivity index is 1.76. The normalized spacial score (nSPS) is 10.5. The first-order valence-corrected chi connectivity index (χ1v) is 9.02. The summed E-state index contributed by atoms with van der Waals surface area (Å²) in [5.74, 6) is 0.119. The van der Waals surface area contributed by atoms with Crippen molar-refractivity contribution in [3.05, 3.63) is 81.6 Å². The molecule has 0 aliphatic rings. The van der Waals surface area contributed by atoms with E-state index in [1.54, 1.807) is 18.2 Å². The fourth-order valence-electron chi connectivity index (χ4n) is 2.70. The van der Waals surface area contributed by atoms with Gasteiger partial charge < -0.3 is 10.6 Å². The summed E-state index contributed by atoms with van der Waals surface area (Å²) in [6.07, 6.45) is 0. The van der Waals surface area contributed by atoms with E-state index in [0.717, 1.165) is 11.1 Å². The van der Waals surface area contributed by atoms with Gasteiger partial charge in [-0.2, -0.15) is 0 Å². The minimum atomic E-state index is -0.301. The quantitative estimate of drug-likeness (QED) is 0.659. The number of carbonyl (C=O) groups excluding carboxylic acids is 1. The van der Waals surface area contributed by atoms with Crippen LogP contribution >= 0.6 is 11.6 Å². The van der Waals surface area contributed by atoms with Gasteiger partial charge >= 0.3 is 0 Å². The molecule has 2 N–H and O–H groups in total. The van der Waals surface area contributed by atoms with Crippen molar-refractivity contribution < 1.29 is 4.79 Å². The summed E-state index contributed by atoms with van der Waals surface area (Å²) >= 11 is 6.12. The Kier molecular flexibility index (Phi) is 5.72. The Morgan fingerprint density at radius 2 is 1.81 bits per heavy atom. The highest BCUT2D eigenvalue weighted by molar-refractivity contribution is 6.31. The zero-order valence-electron chi connectivity index (χ0n) is 15.5. The fourth-order valence-corrected chi connectivity index (χ4v) is 2.87. The maximum Gasteiger partial charge on any atom is 0.274 e. The van der Waals surface area contributed by atoms with Gasteiger partial charge in [0.1, 0.15) is 5.69 Å². The lowest BCUT2D eigenvalue weighted by Gasteiger charge is -2.11. The molecule has 0 spiro atoms. The van der Waals surface area contributed by atoms with E-state index < -0.39 is 0 Å². The first-order valence-electron chi connectivity index (χ1n) is 8.64. The van der Waals surface area contributed by atoms with Crippen LogP contribution in [-0.4, -0.2) is 15.9 Å². The van der Waals surface area contributed by atoms with Gasteiger partial charge in [0.2, 0.25) is 5.95 Å². The lowest BCUT2D eigenvalue weighted by atomic mass is 10.1. The van der Waals surface area contributed by atoms with E-state index in [0.29, 0.717) is 34.6 Å². The number of carbonyl (C=O) groups is 1. The lowest BCUT2D eigenvalue weighted by Crippen LogP contribution is -2.16. The number of halogens is 1. The van der Waals surface area contributed by atoms with Crippen LogP contribution in [-0.2, 0) is 6.54 Å². The summed E-state index contributed by atoms with van der Waals surface area (Å²) in [4.78, 5) is 21.3. The van der Waals surface area contributed by atoms with Crippen molar-refractivity contribution >= 4 is 29.1 Å². The molecular formula is C21H21ClN4O. The van der Waals surface area contributed by atoms with Gasteiger partial charge in [-0.25, -0.2) is 9.97 Å². The van der Waals surface area contributed by atoms with Crippen LogP contribution in [0.2, 0.25) is 5.02 Å².